The number of hydrogen-bond acceptors (Lipinski definition) is 2. The predicted molar refractivity (Wildman–Crippen MR) is 91.0 cm³/mol. The second-order valence-electron chi connectivity index (χ2n) is 4.44. The van der Waals surface area contributed by atoms with E-state index in [2.05, 4.69) is 26.2 Å². The van der Waals surface area contributed by atoms with E-state index in [1.54, 1.807) is 7.11 Å². The summed E-state index contributed by atoms with van der Waals surface area (Å²) < 4.78 is 6.33. The lowest BCUT2D eigenvalue weighted by Gasteiger charge is -2.09. The van der Waals surface area contributed by atoms with E-state index in [-0.39, 0.29) is 0 Å². The van der Waals surface area contributed by atoms with Crippen molar-refractivity contribution in [1.82, 2.24) is 0 Å². The van der Waals surface area contributed by atoms with E-state index in [0.29, 0.717) is 12.5 Å². The number of nitrogens with one attached hydrogen (secondary N) is 1. The minimum absolute atomic E-state index is 0.412. The maximum Gasteiger partial charge on any atom is 0.193 e. The molecule has 0 spiro atoms. The number of nitrogens with zero attached hydrogens (tertiary/aromatic N) is 1. The minimum Gasteiger partial charge on any atom is -0.495 e. The zero-order valence-corrected chi connectivity index (χ0v) is 13.4. The van der Waals surface area contributed by atoms with Crippen LogP contribution in [0, 0.1) is 0 Å². The van der Waals surface area contributed by atoms with Gasteiger partial charge in [0.05, 0.1) is 11.6 Å². The quantitative estimate of drug-likeness (QED) is 0.643. The molecule has 0 atom stereocenters. The summed E-state index contributed by atoms with van der Waals surface area (Å²) in [5, 5.41) is 3.06. The average molecular weight is 348 g/mol. The molecule has 0 unspecified atom stereocenters. The van der Waals surface area contributed by atoms with Crippen molar-refractivity contribution in [3.8, 4) is 5.75 Å². The van der Waals surface area contributed by atoms with Gasteiger partial charge >= 0.3 is 0 Å². The summed E-state index contributed by atoms with van der Waals surface area (Å²) in [6, 6.07) is 15.7. The van der Waals surface area contributed by atoms with Crippen molar-refractivity contribution < 1.29 is 4.74 Å². The van der Waals surface area contributed by atoms with Gasteiger partial charge < -0.3 is 15.8 Å². The molecule has 0 amide bonds. The molecule has 110 valence electrons. The van der Waals surface area contributed by atoms with Crippen LogP contribution >= 0.6 is 15.9 Å². The maximum absolute atomic E-state index is 5.87. The van der Waals surface area contributed by atoms with Crippen molar-refractivity contribution in [1.29, 1.82) is 0 Å². The number of hydrogen-bond donors (Lipinski definition) is 2. The molecular formula is C16H18BrN3O. The number of aliphatic imine (C=N–C) groups is 1. The van der Waals surface area contributed by atoms with E-state index in [1.807, 2.05) is 48.5 Å². The first-order chi connectivity index (χ1) is 10.2. The Morgan fingerprint density at radius 3 is 2.67 bits per heavy atom. The first-order valence-electron chi connectivity index (χ1n) is 6.64. The zero-order chi connectivity index (χ0) is 15.1. The van der Waals surface area contributed by atoms with Gasteiger partial charge in [-0.05, 0) is 46.1 Å². The largest absolute Gasteiger partial charge is 0.495 e. The second kappa shape index (κ2) is 7.69. The molecule has 0 aliphatic carbocycles. The number of anilines is 1. The van der Waals surface area contributed by atoms with Crippen LogP contribution in [0.4, 0.5) is 5.69 Å². The summed E-state index contributed by atoms with van der Waals surface area (Å²) in [5.74, 6) is 1.26. The lowest BCUT2D eigenvalue weighted by atomic mass is 10.1. The van der Waals surface area contributed by atoms with Gasteiger partial charge in [0.25, 0.3) is 0 Å². The van der Waals surface area contributed by atoms with Gasteiger partial charge in [-0.15, -0.1) is 0 Å². The van der Waals surface area contributed by atoms with Gasteiger partial charge in [0, 0.05) is 12.2 Å². The van der Waals surface area contributed by atoms with Gasteiger partial charge in [0.2, 0.25) is 0 Å². The monoisotopic (exact) mass is 347 g/mol. The molecule has 0 bridgehead atoms. The molecule has 2 aromatic rings. The number of rotatable bonds is 5. The van der Waals surface area contributed by atoms with Crippen LogP contribution in [0.5, 0.6) is 5.75 Å². The number of nitrogens with two attached hydrogens (primary N) is 1. The highest BCUT2D eigenvalue weighted by atomic mass is 79.9. The molecule has 0 aromatic heterocycles. The van der Waals surface area contributed by atoms with E-state index in [0.717, 1.165) is 27.9 Å². The summed E-state index contributed by atoms with van der Waals surface area (Å²) >= 11 is 3.47. The number of halogens is 1. The van der Waals surface area contributed by atoms with Crippen LogP contribution < -0.4 is 15.8 Å². The second-order valence-corrected chi connectivity index (χ2v) is 5.29. The van der Waals surface area contributed by atoms with E-state index < -0.39 is 0 Å². The van der Waals surface area contributed by atoms with E-state index in [4.69, 9.17) is 10.5 Å². The van der Waals surface area contributed by atoms with Crippen LogP contribution in [-0.4, -0.2) is 19.6 Å². The van der Waals surface area contributed by atoms with Gasteiger partial charge in [-0.1, -0.05) is 30.3 Å². The third-order valence-electron chi connectivity index (χ3n) is 2.96. The lowest BCUT2D eigenvalue weighted by Crippen LogP contribution is -2.23. The van der Waals surface area contributed by atoms with Gasteiger partial charge in [-0.3, -0.25) is 4.99 Å². The third kappa shape index (κ3) is 4.49. The Labute approximate surface area is 133 Å². The van der Waals surface area contributed by atoms with Crippen LogP contribution in [0.2, 0.25) is 0 Å². The topological polar surface area (TPSA) is 59.6 Å². The highest BCUT2D eigenvalue weighted by Crippen LogP contribution is 2.28. The molecule has 0 radical (unpaired) electrons. The van der Waals surface area contributed by atoms with Crippen LogP contribution in [0.15, 0.2) is 58.0 Å². The zero-order valence-electron chi connectivity index (χ0n) is 11.8. The van der Waals surface area contributed by atoms with Crippen LogP contribution in [-0.2, 0) is 6.42 Å². The first kappa shape index (κ1) is 15.4. The van der Waals surface area contributed by atoms with Crippen LogP contribution in [0.3, 0.4) is 0 Å². The summed E-state index contributed by atoms with van der Waals surface area (Å²) in [6.45, 7) is 0.596. The summed E-state index contributed by atoms with van der Waals surface area (Å²) in [6.07, 6.45) is 0.764. The number of methoxy groups -OCH3 is 1. The van der Waals surface area contributed by atoms with Gasteiger partial charge in [0.1, 0.15) is 5.75 Å². The highest BCUT2D eigenvalue weighted by Gasteiger charge is 2.06. The van der Waals surface area contributed by atoms with Crippen molar-refractivity contribution >= 4 is 27.6 Å². The molecule has 0 heterocycles. The normalized spacial score (nSPS) is 11.2. The van der Waals surface area contributed by atoms with Crippen molar-refractivity contribution in [2.45, 2.75) is 6.42 Å². The van der Waals surface area contributed by atoms with E-state index in [1.165, 1.54) is 0 Å². The standard InChI is InChI=1S/C16H18BrN3O/c1-21-15-12(6-5-9-14(15)17)10-11-19-16(18)20-13-7-3-2-4-8-13/h2-9H,10-11H2,1H3,(H3,18,19,20). The average Bonchev–Trinajstić information content (AvgIpc) is 2.48. The van der Waals surface area contributed by atoms with Crippen molar-refractivity contribution in [3.63, 3.8) is 0 Å². The number of para-hydroxylation sites is 2. The fourth-order valence-corrected chi connectivity index (χ4v) is 2.55. The van der Waals surface area contributed by atoms with E-state index >= 15 is 0 Å². The molecule has 0 aliphatic heterocycles. The van der Waals surface area contributed by atoms with Crippen molar-refractivity contribution in [3.05, 3.63) is 58.6 Å². The van der Waals surface area contributed by atoms with Crippen molar-refractivity contribution in [2.75, 3.05) is 19.0 Å². The van der Waals surface area contributed by atoms with Gasteiger partial charge in [-0.2, -0.15) is 0 Å². The maximum atomic E-state index is 5.87. The molecule has 0 saturated carbocycles. The molecule has 4 nitrogen and oxygen atoms in total. The molecule has 5 heteroatoms. The molecule has 3 N–H and O–H groups in total. The van der Waals surface area contributed by atoms with Gasteiger partial charge in [0.15, 0.2) is 5.96 Å². The lowest BCUT2D eigenvalue weighted by molar-refractivity contribution is 0.407. The Balaban J connectivity index is 1.94. The molecular weight excluding hydrogens is 330 g/mol. The first-order valence-corrected chi connectivity index (χ1v) is 7.43. The Morgan fingerprint density at radius 2 is 1.95 bits per heavy atom. The highest BCUT2D eigenvalue weighted by molar-refractivity contribution is 9.10. The van der Waals surface area contributed by atoms with Crippen LogP contribution in [0.1, 0.15) is 5.56 Å². The van der Waals surface area contributed by atoms with E-state index in [9.17, 15) is 0 Å². The Kier molecular flexibility index (Phi) is 5.63. The number of guanidine groups is 1. The summed E-state index contributed by atoms with van der Waals surface area (Å²) in [4.78, 5) is 4.33. The molecule has 2 aromatic carbocycles. The smallest absolute Gasteiger partial charge is 0.193 e. The fraction of sp³-hybridized carbons (Fsp3) is 0.188. The van der Waals surface area contributed by atoms with Crippen molar-refractivity contribution in [2.24, 2.45) is 10.7 Å². The molecule has 0 saturated heterocycles. The Morgan fingerprint density at radius 1 is 1.19 bits per heavy atom. The molecule has 21 heavy (non-hydrogen) atoms. The summed E-state index contributed by atoms with van der Waals surface area (Å²) in [5.41, 5.74) is 7.90. The summed E-state index contributed by atoms with van der Waals surface area (Å²) in [7, 11) is 1.66. The SMILES string of the molecule is COc1c(Br)cccc1CCN=C(N)Nc1ccccc1. The molecule has 2 rings (SSSR count). The Bertz CT molecular complexity index is 614. The fourth-order valence-electron chi connectivity index (χ4n) is 1.98. The number of benzene rings is 2. The van der Waals surface area contributed by atoms with Crippen LogP contribution in [0.25, 0.3) is 0 Å². The molecule has 0 fully saturated rings. The molecule has 0 aliphatic rings. The third-order valence-corrected chi connectivity index (χ3v) is 3.59. The minimum atomic E-state index is 0.412. The Hall–Kier alpha value is -2.01. The predicted octanol–water partition coefficient (Wildman–Crippen LogP) is 3.43. The number of ether oxygens (including phenoxy) is 1. The van der Waals surface area contributed by atoms with Gasteiger partial charge in [-0.25, -0.2) is 0 Å².